The lowest BCUT2D eigenvalue weighted by Gasteiger charge is -2.24. The quantitative estimate of drug-likeness (QED) is 0.634. The van der Waals surface area contributed by atoms with Gasteiger partial charge in [-0.15, -0.1) is 6.58 Å². The number of amides is 1. The van der Waals surface area contributed by atoms with Gasteiger partial charge in [0.1, 0.15) is 0 Å². The van der Waals surface area contributed by atoms with E-state index in [-0.39, 0.29) is 5.91 Å². The molecule has 0 aromatic heterocycles. The summed E-state index contributed by atoms with van der Waals surface area (Å²) in [6.45, 7) is 6.86. The van der Waals surface area contributed by atoms with Crippen molar-refractivity contribution in [3.63, 3.8) is 0 Å². The van der Waals surface area contributed by atoms with Gasteiger partial charge in [0.15, 0.2) is 0 Å². The highest BCUT2D eigenvalue weighted by Crippen LogP contribution is 2.27. The van der Waals surface area contributed by atoms with Gasteiger partial charge >= 0.3 is 0 Å². The molecule has 1 atom stereocenters. The third-order valence-corrected chi connectivity index (χ3v) is 3.47. The number of rotatable bonds is 7. The second-order valence-electron chi connectivity index (χ2n) is 5.05. The Labute approximate surface area is 103 Å². The highest BCUT2D eigenvalue weighted by atomic mass is 16.2. The molecule has 2 rings (SSSR count). The van der Waals surface area contributed by atoms with E-state index in [1.165, 1.54) is 25.7 Å². The lowest BCUT2D eigenvalue weighted by molar-refractivity contribution is -0.122. The van der Waals surface area contributed by atoms with E-state index in [9.17, 15) is 4.79 Å². The largest absolute Gasteiger partial charge is 0.352 e. The summed E-state index contributed by atoms with van der Waals surface area (Å²) in [5, 5.41) is 6.35. The molecule has 17 heavy (non-hydrogen) atoms. The SMILES string of the molecule is C=CCNC(=O)CN(CC1CCCN1)C1CC1. The minimum Gasteiger partial charge on any atom is -0.352 e. The van der Waals surface area contributed by atoms with Crippen molar-refractivity contribution < 1.29 is 4.79 Å². The van der Waals surface area contributed by atoms with Gasteiger partial charge in [-0.25, -0.2) is 0 Å². The molecule has 0 aromatic carbocycles. The standard InChI is InChI=1S/C13H23N3O/c1-2-7-15-13(17)10-16(12-5-6-12)9-11-4-3-8-14-11/h2,11-12,14H,1,3-10H2,(H,15,17). The summed E-state index contributed by atoms with van der Waals surface area (Å²) in [5.41, 5.74) is 0. The second-order valence-corrected chi connectivity index (χ2v) is 5.05. The molecule has 2 fully saturated rings. The monoisotopic (exact) mass is 237 g/mol. The van der Waals surface area contributed by atoms with Gasteiger partial charge in [-0.05, 0) is 32.2 Å². The van der Waals surface area contributed by atoms with Gasteiger partial charge in [-0.3, -0.25) is 9.69 Å². The van der Waals surface area contributed by atoms with Gasteiger partial charge in [-0.2, -0.15) is 0 Å². The van der Waals surface area contributed by atoms with Crippen molar-refractivity contribution >= 4 is 5.91 Å². The van der Waals surface area contributed by atoms with E-state index in [4.69, 9.17) is 0 Å². The molecule has 4 nitrogen and oxygen atoms in total. The van der Waals surface area contributed by atoms with E-state index in [2.05, 4.69) is 22.1 Å². The second kappa shape index (κ2) is 6.17. The first-order valence-electron chi connectivity index (χ1n) is 6.64. The molecule has 4 heteroatoms. The van der Waals surface area contributed by atoms with Gasteiger partial charge in [0.05, 0.1) is 6.54 Å². The van der Waals surface area contributed by atoms with Crippen molar-refractivity contribution in [3.8, 4) is 0 Å². The van der Waals surface area contributed by atoms with Gasteiger partial charge in [0.25, 0.3) is 0 Å². The first-order valence-corrected chi connectivity index (χ1v) is 6.64. The zero-order valence-electron chi connectivity index (χ0n) is 10.5. The maximum Gasteiger partial charge on any atom is 0.234 e. The fourth-order valence-corrected chi connectivity index (χ4v) is 2.40. The Kier molecular flexibility index (Phi) is 4.57. The van der Waals surface area contributed by atoms with Crippen LogP contribution in [0.25, 0.3) is 0 Å². The predicted octanol–water partition coefficient (Wildman–Crippen LogP) is 0.505. The molecule has 0 bridgehead atoms. The molecular weight excluding hydrogens is 214 g/mol. The van der Waals surface area contributed by atoms with Crippen molar-refractivity contribution in [1.82, 2.24) is 15.5 Å². The van der Waals surface area contributed by atoms with Gasteiger partial charge < -0.3 is 10.6 Å². The summed E-state index contributed by atoms with van der Waals surface area (Å²) >= 11 is 0. The maximum atomic E-state index is 11.7. The average molecular weight is 237 g/mol. The van der Waals surface area contributed by atoms with Crippen LogP contribution in [0.5, 0.6) is 0 Å². The van der Waals surface area contributed by atoms with E-state index in [0.29, 0.717) is 25.2 Å². The van der Waals surface area contributed by atoms with Crippen LogP contribution < -0.4 is 10.6 Å². The Morgan fingerprint density at radius 1 is 1.47 bits per heavy atom. The normalized spacial score (nSPS) is 23.9. The fourth-order valence-electron chi connectivity index (χ4n) is 2.40. The van der Waals surface area contributed by atoms with Gasteiger partial charge in [0.2, 0.25) is 5.91 Å². The van der Waals surface area contributed by atoms with Crippen LogP contribution >= 0.6 is 0 Å². The van der Waals surface area contributed by atoms with Gasteiger partial charge in [0, 0.05) is 25.2 Å². The van der Waals surface area contributed by atoms with E-state index >= 15 is 0 Å². The van der Waals surface area contributed by atoms with Crippen molar-refractivity contribution in [3.05, 3.63) is 12.7 Å². The zero-order valence-corrected chi connectivity index (χ0v) is 10.5. The minimum atomic E-state index is 0.120. The Hall–Kier alpha value is -0.870. The first-order chi connectivity index (χ1) is 8.29. The molecule has 2 aliphatic rings. The minimum absolute atomic E-state index is 0.120. The number of nitrogens with zero attached hydrogens (tertiary/aromatic N) is 1. The maximum absolute atomic E-state index is 11.7. The predicted molar refractivity (Wildman–Crippen MR) is 68.8 cm³/mol. The van der Waals surface area contributed by atoms with Crippen molar-refractivity contribution in [1.29, 1.82) is 0 Å². The lowest BCUT2D eigenvalue weighted by atomic mass is 10.2. The number of hydrogen-bond donors (Lipinski definition) is 2. The molecule has 2 N–H and O–H groups in total. The molecular formula is C13H23N3O. The topological polar surface area (TPSA) is 44.4 Å². The Balaban J connectivity index is 1.75. The molecule has 1 aliphatic carbocycles. The van der Waals surface area contributed by atoms with E-state index in [0.717, 1.165) is 13.1 Å². The van der Waals surface area contributed by atoms with E-state index in [1.54, 1.807) is 6.08 Å². The highest BCUT2D eigenvalue weighted by molar-refractivity contribution is 5.78. The number of carbonyl (C=O) groups is 1. The zero-order chi connectivity index (χ0) is 12.1. The summed E-state index contributed by atoms with van der Waals surface area (Å²) in [7, 11) is 0. The first kappa shape index (κ1) is 12.6. The molecule has 1 amide bonds. The Morgan fingerprint density at radius 3 is 2.88 bits per heavy atom. The van der Waals surface area contributed by atoms with Crippen LogP contribution in [-0.2, 0) is 4.79 Å². The van der Waals surface area contributed by atoms with Crippen molar-refractivity contribution in [2.45, 2.75) is 37.8 Å². The van der Waals surface area contributed by atoms with E-state index in [1.807, 2.05) is 0 Å². The summed E-state index contributed by atoms with van der Waals surface area (Å²) in [5.74, 6) is 0.120. The van der Waals surface area contributed by atoms with Crippen LogP contribution in [0.2, 0.25) is 0 Å². The molecule has 96 valence electrons. The number of hydrogen-bond acceptors (Lipinski definition) is 3. The summed E-state index contributed by atoms with van der Waals surface area (Å²) in [4.78, 5) is 14.0. The molecule has 0 radical (unpaired) electrons. The molecule has 1 saturated carbocycles. The Morgan fingerprint density at radius 2 is 2.29 bits per heavy atom. The van der Waals surface area contributed by atoms with Crippen LogP contribution in [0.1, 0.15) is 25.7 Å². The third kappa shape index (κ3) is 4.13. The third-order valence-electron chi connectivity index (χ3n) is 3.47. The van der Waals surface area contributed by atoms with E-state index < -0.39 is 0 Å². The molecule has 1 saturated heterocycles. The lowest BCUT2D eigenvalue weighted by Crippen LogP contribution is -2.44. The summed E-state index contributed by atoms with van der Waals surface area (Å²) in [6, 6.07) is 1.23. The smallest absolute Gasteiger partial charge is 0.234 e. The van der Waals surface area contributed by atoms with Crippen molar-refractivity contribution in [2.24, 2.45) is 0 Å². The number of nitrogens with one attached hydrogen (secondary N) is 2. The van der Waals surface area contributed by atoms with Crippen LogP contribution in [0.3, 0.4) is 0 Å². The Bertz CT molecular complexity index is 270. The molecule has 0 aromatic rings. The summed E-state index contributed by atoms with van der Waals surface area (Å²) < 4.78 is 0. The summed E-state index contributed by atoms with van der Waals surface area (Å²) in [6.07, 6.45) is 6.74. The van der Waals surface area contributed by atoms with Gasteiger partial charge in [-0.1, -0.05) is 6.08 Å². The molecule has 1 unspecified atom stereocenters. The molecule has 1 heterocycles. The molecule has 1 aliphatic heterocycles. The highest BCUT2D eigenvalue weighted by Gasteiger charge is 2.32. The van der Waals surface area contributed by atoms with Crippen LogP contribution in [0.4, 0.5) is 0 Å². The van der Waals surface area contributed by atoms with Crippen LogP contribution in [-0.4, -0.2) is 49.1 Å². The van der Waals surface area contributed by atoms with Crippen LogP contribution in [0, 0.1) is 0 Å². The van der Waals surface area contributed by atoms with Crippen molar-refractivity contribution in [2.75, 3.05) is 26.2 Å². The average Bonchev–Trinajstić information content (AvgIpc) is 3.05. The number of carbonyl (C=O) groups excluding carboxylic acids is 1. The van der Waals surface area contributed by atoms with Crippen LogP contribution in [0.15, 0.2) is 12.7 Å². The molecule has 0 spiro atoms. The fraction of sp³-hybridized carbons (Fsp3) is 0.769.